The van der Waals surface area contributed by atoms with Crippen LogP contribution >= 0.6 is 0 Å². The van der Waals surface area contributed by atoms with Crippen molar-refractivity contribution in [2.24, 2.45) is 0 Å². The Labute approximate surface area is 82.2 Å². The Kier molecular flexibility index (Phi) is 3.10. The Balaban J connectivity index is 3.33. The number of rotatable bonds is 3. The maximum atomic E-state index is 10.8. The first-order valence-electron chi connectivity index (χ1n) is 3.78. The molecule has 0 spiro atoms. The third-order valence-electron chi connectivity index (χ3n) is 1.74. The summed E-state index contributed by atoms with van der Waals surface area (Å²) in [7, 11) is -2.81. The van der Waals surface area contributed by atoms with E-state index in [1.807, 2.05) is 0 Å². The molecule has 0 atom stereocenters. The molecule has 0 fully saturated rings. The van der Waals surface area contributed by atoms with E-state index in [1.54, 1.807) is 0 Å². The Morgan fingerprint density at radius 3 is 2.57 bits per heavy atom. The maximum Gasteiger partial charge on any atom is 0.294 e. The van der Waals surface area contributed by atoms with Crippen LogP contribution in [0.15, 0.2) is 23.1 Å². The van der Waals surface area contributed by atoms with Crippen LogP contribution in [-0.4, -0.2) is 20.1 Å². The van der Waals surface area contributed by atoms with Gasteiger partial charge in [-0.05, 0) is 23.8 Å². The van der Waals surface area contributed by atoms with Gasteiger partial charge in [0.15, 0.2) is 0 Å². The van der Waals surface area contributed by atoms with E-state index < -0.39 is 10.1 Å². The molecule has 0 aliphatic rings. The second-order valence-corrected chi connectivity index (χ2v) is 4.02. The molecule has 1 rings (SSSR count). The zero-order valence-corrected chi connectivity index (χ0v) is 8.34. The Morgan fingerprint density at radius 1 is 1.50 bits per heavy atom. The first-order valence-corrected chi connectivity index (χ1v) is 5.22. The van der Waals surface area contributed by atoms with Gasteiger partial charge in [0.1, 0.15) is 5.75 Å². The standard InChI is InChI=1S/C8H10NO4S/c1-13-7-2-3-8(14(10,11)12)6(4-7)5-9/h2-4,9H,5H2,1H3,(H,10,11,12). The monoisotopic (exact) mass is 216 g/mol. The predicted octanol–water partition coefficient (Wildman–Crippen LogP) is 0.725. The van der Waals surface area contributed by atoms with Gasteiger partial charge in [0, 0.05) is 6.54 Å². The molecular formula is C8H10NO4S. The summed E-state index contributed by atoms with van der Waals surface area (Å²) in [4.78, 5) is -0.242. The van der Waals surface area contributed by atoms with Gasteiger partial charge in [0.25, 0.3) is 10.1 Å². The van der Waals surface area contributed by atoms with Crippen LogP contribution in [0.1, 0.15) is 5.56 Å². The van der Waals surface area contributed by atoms with Crippen molar-refractivity contribution in [1.29, 1.82) is 0 Å². The summed E-state index contributed by atoms with van der Waals surface area (Å²) in [5.74, 6) is 0.458. The average Bonchev–Trinajstić information content (AvgIpc) is 2.15. The molecule has 5 nitrogen and oxygen atoms in total. The highest BCUT2D eigenvalue weighted by atomic mass is 32.2. The minimum atomic E-state index is -4.25. The molecule has 0 saturated heterocycles. The lowest BCUT2D eigenvalue weighted by Crippen LogP contribution is -2.04. The molecule has 0 amide bonds. The molecule has 1 aromatic rings. The smallest absolute Gasteiger partial charge is 0.294 e. The number of hydrogen-bond acceptors (Lipinski definition) is 3. The van der Waals surface area contributed by atoms with Crippen molar-refractivity contribution in [2.75, 3.05) is 7.11 Å². The zero-order chi connectivity index (χ0) is 10.8. The quantitative estimate of drug-likeness (QED) is 0.754. The van der Waals surface area contributed by atoms with E-state index in [9.17, 15) is 8.42 Å². The summed E-state index contributed by atoms with van der Waals surface area (Å²) in [5, 5.41) is 0. The van der Waals surface area contributed by atoms with Gasteiger partial charge in [-0.1, -0.05) is 0 Å². The molecule has 0 heterocycles. The lowest BCUT2D eigenvalue weighted by atomic mass is 10.2. The molecule has 0 saturated carbocycles. The summed E-state index contributed by atoms with van der Waals surface area (Å²) < 4.78 is 35.4. The second-order valence-electron chi connectivity index (χ2n) is 2.63. The molecule has 1 radical (unpaired) electrons. The van der Waals surface area contributed by atoms with Gasteiger partial charge in [-0.2, -0.15) is 8.42 Å². The lowest BCUT2D eigenvalue weighted by molar-refractivity contribution is 0.413. The molecule has 0 bridgehead atoms. The van der Waals surface area contributed by atoms with Crippen molar-refractivity contribution in [3.05, 3.63) is 23.8 Å². The van der Waals surface area contributed by atoms with E-state index >= 15 is 0 Å². The molecule has 6 heteroatoms. The number of nitrogens with one attached hydrogen (secondary N) is 1. The van der Waals surface area contributed by atoms with E-state index in [0.717, 1.165) is 0 Å². The molecule has 0 aromatic heterocycles. The summed E-state index contributed by atoms with van der Waals surface area (Å²) >= 11 is 0. The minimum absolute atomic E-state index is 0.215. The normalized spacial score (nSPS) is 11.4. The van der Waals surface area contributed by atoms with Crippen LogP contribution in [0.25, 0.3) is 0 Å². The van der Waals surface area contributed by atoms with Gasteiger partial charge in [0.2, 0.25) is 0 Å². The molecule has 0 aliphatic heterocycles. The molecular weight excluding hydrogens is 206 g/mol. The fourth-order valence-corrected chi connectivity index (χ4v) is 1.78. The molecule has 2 N–H and O–H groups in total. The van der Waals surface area contributed by atoms with Gasteiger partial charge in [0.05, 0.1) is 12.0 Å². The Morgan fingerprint density at radius 2 is 2.14 bits per heavy atom. The van der Waals surface area contributed by atoms with Gasteiger partial charge in [-0.3, -0.25) is 10.3 Å². The van der Waals surface area contributed by atoms with Crippen LogP contribution in [0, 0.1) is 0 Å². The van der Waals surface area contributed by atoms with Crippen molar-refractivity contribution >= 4 is 10.1 Å². The number of ether oxygens (including phenoxy) is 1. The molecule has 77 valence electrons. The van der Waals surface area contributed by atoms with E-state index in [-0.39, 0.29) is 17.0 Å². The van der Waals surface area contributed by atoms with Crippen LogP contribution < -0.4 is 10.5 Å². The van der Waals surface area contributed by atoms with Crippen molar-refractivity contribution in [3.8, 4) is 5.75 Å². The molecule has 1 aromatic carbocycles. The van der Waals surface area contributed by atoms with Gasteiger partial charge in [-0.25, -0.2) is 0 Å². The van der Waals surface area contributed by atoms with E-state index in [4.69, 9.17) is 15.0 Å². The Hall–Kier alpha value is -1.11. The average molecular weight is 216 g/mol. The van der Waals surface area contributed by atoms with E-state index in [1.165, 1.54) is 25.3 Å². The maximum absolute atomic E-state index is 10.8. The van der Waals surface area contributed by atoms with Crippen molar-refractivity contribution in [3.63, 3.8) is 0 Å². The molecule has 0 unspecified atom stereocenters. The first kappa shape index (κ1) is 11.0. The van der Waals surface area contributed by atoms with Gasteiger partial charge < -0.3 is 4.74 Å². The van der Waals surface area contributed by atoms with Crippen LogP contribution in [0.3, 0.4) is 0 Å². The van der Waals surface area contributed by atoms with Crippen molar-refractivity contribution in [2.45, 2.75) is 11.4 Å². The molecule has 14 heavy (non-hydrogen) atoms. The Bertz CT molecular complexity index is 427. The van der Waals surface area contributed by atoms with Gasteiger partial charge >= 0.3 is 0 Å². The summed E-state index contributed by atoms with van der Waals surface area (Å²) in [6.07, 6.45) is 0. The van der Waals surface area contributed by atoms with Crippen LogP contribution in [-0.2, 0) is 16.7 Å². The van der Waals surface area contributed by atoms with Crippen LogP contribution in [0.2, 0.25) is 0 Å². The lowest BCUT2D eigenvalue weighted by Gasteiger charge is -2.06. The van der Waals surface area contributed by atoms with Crippen LogP contribution in [0.5, 0.6) is 5.75 Å². The van der Waals surface area contributed by atoms with Crippen molar-refractivity contribution < 1.29 is 17.7 Å². The SMILES string of the molecule is COc1ccc(S(=O)(=O)O)c(C[NH])c1. The van der Waals surface area contributed by atoms with E-state index in [2.05, 4.69) is 0 Å². The second kappa shape index (κ2) is 3.95. The molecule has 0 aliphatic carbocycles. The summed E-state index contributed by atoms with van der Waals surface area (Å²) in [5.41, 5.74) is 7.32. The van der Waals surface area contributed by atoms with E-state index in [0.29, 0.717) is 5.75 Å². The third kappa shape index (κ3) is 2.22. The fourth-order valence-electron chi connectivity index (χ4n) is 1.07. The topological polar surface area (TPSA) is 87.4 Å². The summed E-state index contributed by atoms with van der Waals surface area (Å²) in [6.45, 7) is -0.230. The zero-order valence-electron chi connectivity index (χ0n) is 7.52. The predicted molar refractivity (Wildman–Crippen MR) is 49.6 cm³/mol. The minimum Gasteiger partial charge on any atom is -0.497 e. The van der Waals surface area contributed by atoms with Gasteiger partial charge in [-0.15, -0.1) is 0 Å². The first-order chi connectivity index (χ1) is 6.49. The number of benzene rings is 1. The highest BCUT2D eigenvalue weighted by Crippen LogP contribution is 2.21. The van der Waals surface area contributed by atoms with Crippen molar-refractivity contribution in [1.82, 2.24) is 5.73 Å². The highest BCUT2D eigenvalue weighted by Gasteiger charge is 2.14. The largest absolute Gasteiger partial charge is 0.497 e. The highest BCUT2D eigenvalue weighted by molar-refractivity contribution is 7.85. The number of methoxy groups -OCH3 is 1. The third-order valence-corrected chi connectivity index (χ3v) is 2.69. The fraction of sp³-hybridized carbons (Fsp3) is 0.250. The number of hydrogen-bond donors (Lipinski definition) is 1. The summed E-state index contributed by atoms with van der Waals surface area (Å²) in [6, 6.07) is 4.05. The van der Waals surface area contributed by atoms with Crippen LogP contribution in [0.4, 0.5) is 0 Å².